The third-order valence-corrected chi connectivity index (χ3v) is 0.777. The minimum atomic E-state index is 0. The van der Waals surface area contributed by atoms with Crippen LogP contribution in [0.5, 0.6) is 0 Å². The molecule has 1 rings (SSSR count). The van der Waals surface area contributed by atoms with E-state index in [0.29, 0.717) is 0 Å². The van der Waals surface area contributed by atoms with Crippen molar-refractivity contribution in [3.8, 4) is 0 Å². The van der Waals surface area contributed by atoms with Crippen LogP contribution in [0.4, 0.5) is 0 Å². The van der Waals surface area contributed by atoms with Crippen LogP contribution in [-0.2, 0) is 18.6 Å². The van der Waals surface area contributed by atoms with Crippen LogP contribution in [0.15, 0.2) is 11.7 Å². The molecule has 0 aliphatic carbocycles. The predicted molar refractivity (Wildman–Crippen MR) is 20.9 cm³/mol. The van der Waals surface area contributed by atoms with Gasteiger partial charge in [0.15, 0.2) is 0 Å². The second-order valence-corrected chi connectivity index (χ2v) is 1.30. The molecule has 31 valence electrons. The summed E-state index contributed by atoms with van der Waals surface area (Å²) in [7, 11) is 0. The molecule has 3 heteroatoms. The maximum absolute atomic E-state index is 3.69. The van der Waals surface area contributed by atoms with E-state index in [1.807, 2.05) is 0 Å². The molecular weight excluding hydrogens is 133 g/mol. The normalized spacial score (nSPS) is 6.67. The van der Waals surface area contributed by atoms with E-state index in [1.54, 1.807) is 11.7 Å². The first-order valence-corrected chi connectivity index (χ1v) is 2.12. The fraction of sp³-hybridized carbons (Fsp3) is 0. The summed E-state index contributed by atoms with van der Waals surface area (Å²) in [6.07, 6.45) is 1.64. The second-order valence-electron chi connectivity index (χ2n) is 0.619. The molecule has 0 saturated carbocycles. The predicted octanol–water partition coefficient (Wildman–Crippen LogP) is 0.941. The van der Waals surface area contributed by atoms with Crippen LogP contribution in [0.1, 0.15) is 0 Å². The molecule has 0 spiro atoms. The van der Waals surface area contributed by atoms with Gasteiger partial charge in [-0.05, 0) is 0 Å². The largest absolute Gasteiger partial charge is 0.368 e. The Labute approximate surface area is 52.3 Å². The monoisotopic (exact) mass is 135 g/mol. The molecule has 0 aromatic carbocycles. The average molecular weight is 135 g/mol. The molecule has 1 radical (unpaired) electrons. The van der Waals surface area contributed by atoms with Crippen molar-refractivity contribution >= 4 is 11.3 Å². The first kappa shape index (κ1) is 6.21. The molecule has 0 aliphatic heterocycles. The summed E-state index contributed by atoms with van der Waals surface area (Å²) in [5.41, 5.74) is 1.74. The number of thiazole rings is 1. The van der Waals surface area contributed by atoms with E-state index in [1.165, 1.54) is 11.3 Å². The summed E-state index contributed by atoms with van der Waals surface area (Å²) in [5.74, 6) is 0. The smallest absolute Gasteiger partial charge is 0 e. The van der Waals surface area contributed by atoms with Gasteiger partial charge in [-0.1, -0.05) is 11.7 Å². The van der Waals surface area contributed by atoms with Gasteiger partial charge < -0.3 is 16.3 Å². The van der Waals surface area contributed by atoms with Crippen LogP contribution in [0.25, 0.3) is 0 Å². The van der Waals surface area contributed by atoms with Gasteiger partial charge in [0.1, 0.15) is 0 Å². The van der Waals surface area contributed by atoms with Crippen LogP contribution in [0.3, 0.4) is 0 Å². The number of rotatable bonds is 0. The zero-order chi connectivity index (χ0) is 3.54. The third kappa shape index (κ3) is 1.60. The molecule has 0 unspecified atom stereocenters. The zero-order valence-corrected chi connectivity index (χ0v) is 5.17. The molecule has 0 bridgehead atoms. The molecule has 0 amide bonds. The number of aromatic nitrogens is 1. The van der Waals surface area contributed by atoms with Crippen LogP contribution < -0.4 is 0 Å². The Kier molecular flexibility index (Phi) is 3.53. The van der Waals surface area contributed by atoms with E-state index in [2.05, 4.69) is 10.4 Å². The van der Waals surface area contributed by atoms with Crippen molar-refractivity contribution < 1.29 is 18.6 Å². The average Bonchev–Trinajstić information content (AvgIpc) is 1.76. The summed E-state index contributed by atoms with van der Waals surface area (Å²) in [4.78, 5) is 3.69. The van der Waals surface area contributed by atoms with Crippen molar-refractivity contribution in [2.45, 2.75) is 0 Å². The first-order valence-electron chi connectivity index (χ1n) is 1.24. The van der Waals surface area contributed by atoms with Gasteiger partial charge in [0.25, 0.3) is 0 Å². The van der Waals surface area contributed by atoms with Crippen LogP contribution in [0, 0.1) is 5.38 Å². The van der Waals surface area contributed by atoms with Gasteiger partial charge in [0, 0.05) is 18.6 Å². The van der Waals surface area contributed by atoms with Gasteiger partial charge in [-0.2, -0.15) is 5.38 Å². The molecule has 1 heterocycles. The van der Waals surface area contributed by atoms with Crippen molar-refractivity contribution in [1.29, 1.82) is 0 Å². The van der Waals surface area contributed by atoms with Crippen LogP contribution in [0.2, 0.25) is 0 Å². The standard InChI is InChI=1S/C3H2NS.V/c1-2-5-3-4-1;/h1,3H;/q-1;. The van der Waals surface area contributed by atoms with E-state index < -0.39 is 0 Å². The Bertz CT molecular complexity index is 67.3. The second kappa shape index (κ2) is 3.41. The molecular formula is C3H2NSV-. The van der Waals surface area contributed by atoms with Crippen molar-refractivity contribution in [3.05, 3.63) is 17.1 Å². The van der Waals surface area contributed by atoms with E-state index in [0.717, 1.165) is 0 Å². The van der Waals surface area contributed by atoms with Crippen molar-refractivity contribution in [2.75, 3.05) is 0 Å². The van der Waals surface area contributed by atoms with E-state index in [9.17, 15) is 0 Å². The maximum Gasteiger partial charge on any atom is 0 e. The van der Waals surface area contributed by atoms with E-state index in [4.69, 9.17) is 0 Å². The number of hydrogen-bond acceptors (Lipinski definition) is 2. The molecule has 1 nitrogen and oxygen atoms in total. The Hall–Kier alpha value is 0.214. The quantitative estimate of drug-likeness (QED) is 0.482. The molecule has 0 atom stereocenters. The molecule has 0 saturated heterocycles. The van der Waals surface area contributed by atoms with Gasteiger partial charge >= 0.3 is 0 Å². The van der Waals surface area contributed by atoms with E-state index in [-0.39, 0.29) is 18.6 Å². The minimum Gasteiger partial charge on any atom is -0.368 e. The topological polar surface area (TPSA) is 12.9 Å². The van der Waals surface area contributed by atoms with Gasteiger partial charge in [0.2, 0.25) is 0 Å². The number of hydrogen-bond donors (Lipinski definition) is 0. The first-order chi connectivity index (χ1) is 2.50. The molecule has 1 aromatic rings. The fourth-order valence-corrected chi connectivity index (χ4v) is 0.456. The zero-order valence-electron chi connectivity index (χ0n) is 2.96. The summed E-state index contributed by atoms with van der Waals surface area (Å²) >= 11 is 1.48. The Morgan fingerprint density at radius 2 is 2.50 bits per heavy atom. The molecule has 0 N–H and O–H groups in total. The van der Waals surface area contributed by atoms with Gasteiger partial charge in [0.05, 0.1) is 0 Å². The van der Waals surface area contributed by atoms with Crippen molar-refractivity contribution in [3.63, 3.8) is 0 Å². The summed E-state index contributed by atoms with van der Waals surface area (Å²) in [6, 6.07) is 0. The van der Waals surface area contributed by atoms with Gasteiger partial charge in [-0.25, -0.2) is 0 Å². The number of nitrogens with zero attached hydrogens (tertiary/aromatic N) is 1. The fourth-order valence-electron chi connectivity index (χ4n) is 0.152. The Morgan fingerprint density at radius 1 is 1.67 bits per heavy atom. The maximum atomic E-state index is 3.69. The third-order valence-electron chi connectivity index (χ3n) is 0.309. The van der Waals surface area contributed by atoms with Crippen LogP contribution in [-0.4, -0.2) is 4.98 Å². The Morgan fingerprint density at radius 3 is 2.67 bits per heavy atom. The molecule has 0 fully saturated rings. The Balaban J connectivity index is 0.000000250. The van der Waals surface area contributed by atoms with Crippen LogP contribution >= 0.6 is 11.3 Å². The van der Waals surface area contributed by atoms with Crippen molar-refractivity contribution in [2.24, 2.45) is 0 Å². The minimum absolute atomic E-state index is 0. The van der Waals surface area contributed by atoms with E-state index >= 15 is 0 Å². The SMILES string of the molecule is [V].[c-]1cncs1. The molecule has 1 aromatic heterocycles. The van der Waals surface area contributed by atoms with Crippen molar-refractivity contribution in [1.82, 2.24) is 4.98 Å². The van der Waals surface area contributed by atoms with Gasteiger partial charge in [-0.15, -0.1) is 0 Å². The molecule has 6 heavy (non-hydrogen) atoms. The van der Waals surface area contributed by atoms with Gasteiger partial charge in [-0.3, -0.25) is 0 Å². The summed E-state index contributed by atoms with van der Waals surface area (Å²) in [6.45, 7) is 0. The molecule has 0 aliphatic rings. The summed E-state index contributed by atoms with van der Waals surface area (Å²) in [5, 5.41) is 2.79. The summed E-state index contributed by atoms with van der Waals surface area (Å²) < 4.78 is 0.